The second-order valence-electron chi connectivity index (χ2n) is 4.31. The average Bonchev–Trinajstić information content (AvgIpc) is 2.44. The molecule has 1 unspecified atom stereocenters. The van der Waals surface area contributed by atoms with Gasteiger partial charge in [-0.2, -0.15) is 0 Å². The third-order valence-corrected chi connectivity index (χ3v) is 2.88. The molecule has 0 saturated carbocycles. The van der Waals surface area contributed by atoms with Crippen LogP contribution in [0, 0.1) is 5.92 Å². The van der Waals surface area contributed by atoms with Crippen LogP contribution in [0.2, 0.25) is 0 Å². The Kier molecular flexibility index (Phi) is 5.90. The lowest BCUT2D eigenvalue weighted by molar-refractivity contribution is -0.151. The van der Waals surface area contributed by atoms with Crippen molar-refractivity contribution in [1.29, 1.82) is 0 Å². The Balaban J connectivity index is 2.81. The van der Waals surface area contributed by atoms with E-state index in [9.17, 15) is 14.4 Å². The van der Waals surface area contributed by atoms with E-state index in [1.807, 2.05) is 0 Å². The van der Waals surface area contributed by atoms with Crippen LogP contribution in [0.1, 0.15) is 29.8 Å². The van der Waals surface area contributed by atoms with Gasteiger partial charge in [-0.05, 0) is 38.0 Å². The fraction of sp³-hybridized carbons (Fsp3) is 0.400. The number of ketones is 1. The Hall–Kier alpha value is -2.17. The van der Waals surface area contributed by atoms with Gasteiger partial charge < -0.3 is 9.47 Å². The summed E-state index contributed by atoms with van der Waals surface area (Å²) in [6, 6.07) is 6.59. The molecule has 0 spiro atoms. The van der Waals surface area contributed by atoms with Gasteiger partial charge in [-0.15, -0.1) is 0 Å². The maximum absolute atomic E-state index is 11.7. The molecule has 0 aliphatic carbocycles. The van der Waals surface area contributed by atoms with Gasteiger partial charge in [0.2, 0.25) is 0 Å². The topological polar surface area (TPSA) is 69.7 Å². The van der Waals surface area contributed by atoms with E-state index in [4.69, 9.17) is 4.74 Å². The Bertz CT molecular complexity index is 489. The third kappa shape index (κ3) is 4.19. The molecule has 0 heterocycles. The second-order valence-corrected chi connectivity index (χ2v) is 4.31. The fourth-order valence-electron chi connectivity index (χ4n) is 1.77. The summed E-state index contributed by atoms with van der Waals surface area (Å²) in [6.45, 7) is 3.30. The monoisotopic (exact) mass is 278 g/mol. The van der Waals surface area contributed by atoms with Crippen molar-refractivity contribution in [2.24, 2.45) is 5.92 Å². The minimum Gasteiger partial charge on any atom is -0.465 e. The average molecular weight is 278 g/mol. The minimum absolute atomic E-state index is 0.236. The van der Waals surface area contributed by atoms with E-state index in [1.165, 1.54) is 14.0 Å². The van der Waals surface area contributed by atoms with E-state index < -0.39 is 17.9 Å². The summed E-state index contributed by atoms with van der Waals surface area (Å²) < 4.78 is 9.48. The maximum Gasteiger partial charge on any atom is 0.337 e. The van der Waals surface area contributed by atoms with Crippen molar-refractivity contribution >= 4 is 17.7 Å². The summed E-state index contributed by atoms with van der Waals surface area (Å²) >= 11 is 0. The number of hydrogen-bond acceptors (Lipinski definition) is 5. The quantitative estimate of drug-likeness (QED) is 0.586. The SMILES string of the molecule is CCOC(=O)C(Cc1ccc(C(=O)OC)cc1)C(C)=O. The number of carbonyl (C=O) groups is 3. The second kappa shape index (κ2) is 7.43. The molecule has 1 aromatic rings. The molecule has 5 nitrogen and oxygen atoms in total. The zero-order valence-electron chi connectivity index (χ0n) is 11.8. The summed E-state index contributed by atoms with van der Waals surface area (Å²) in [7, 11) is 1.31. The summed E-state index contributed by atoms with van der Waals surface area (Å²) in [5.41, 5.74) is 1.21. The van der Waals surface area contributed by atoms with Crippen LogP contribution in [-0.2, 0) is 25.5 Å². The van der Waals surface area contributed by atoms with Crippen LogP contribution in [-0.4, -0.2) is 31.4 Å². The van der Waals surface area contributed by atoms with Gasteiger partial charge in [0, 0.05) is 0 Å². The number of carbonyl (C=O) groups excluding carboxylic acids is 3. The van der Waals surface area contributed by atoms with Crippen LogP contribution in [0.5, 0.6) is 0 Å². The van der Waals surface area contributed by atoms with Crippen molar-refractivity contribution in [2.75, 3.05) is 13.7 Å². The van der Waals surface area contributed by atoms with E-state index in [0.29, 0.717) is 5.56 Å². The number of hydrogen-bond donors (Lipinski definition) is 0. The van der Waals surface area contributed by atoms with E-state index in [0.717, 1.165) is 5.56 Å². The van der Waals surface area contributed by atoms with Gasteiger partial charge in [0.15, 0.2) is 0 Å². The summed E-state index contributed by atoms with van der Waals surface area (Å²) in [5, 5.41) is 0. The molecule has 0 aliphatic rings. The smallest absolute Gasteiger partial charge is 0.337 e. The number of rotatable bonds is 6. The number of esters is 2. The largest absolute Gasteiger partial charge is 0.465 e. The van der Waals surface area contributed by atoms with Crippen molar-refractivity contribution in [3.63, 3.8) is 0 Å². The maximum atomic E-state index is 11.7. The molecule has 0 saturated heterocycles. The first-order valence-electron chi connectivity index (χ1n) is 6.34. The molecule has 0 fully saturated rings. The highest BCUT2D eigenvalue weighted by Crippen LogP contribution is 2.13. The molecule has 0 aliphatic heterocycles. The highest BCUT2D eigenvalue weighted by Gasteiger charge is 2.25. The first-order valence-corrected chi connectivity index (χ1v) is 6.34. The van der Waals surface area contributed by atoms with E-state index in [-0.39, 0.29) is 18.8 Å². The first kappa shape index (κ1) is 15.9. The molecule has 1 aromatic carbocycles. The molecule has 0 bridgehead atoms. The molecule has 0 radical (unpaired) electrons. The summed E-state index contributed by atoms with van der Waals surface area (Å²) in [6.07, 6.45) is 0.260. The lowest BCUT2D eigenvalue weighted by Gasteiger charge is -2.12. The lowest BCUT2D eigenvalue weighted by Crippen LogP contribution is -2.26. The van der Waals surface area contributed by atoms with Gasteiger partial charge in [-0.25, -0.2) is 4.79 Å². The predicted octanol–water partition coefficient (Wildman–Crippen LogP) is 1.78. The van der Waals surface area contributed by atoms with Crippen molar-refractivity contribution in [1.82, 2.24) is 0 Å². The molecule has 20 heavy (non-hydrogen) atoms. The van der Waals surface area contributed by atoms with Crippen LogP contribution in [0.4, 0.5) is 0 Å². The molecule has 0 amide bonds. The van der Waals surface area contributed by atoms with E-state index >= 15 is 0 Å². The Morgan fingerprint density at radius 3 is 2.20 bits per heavy atom. The van der Waals surface area contributed by atoms with Crippen molar-refractivity contribution in [3.05, 3.63) is 35.4 Å². The number of benzene rings is 1. The Morgan fingerprint density at radius 2 is 1.75 bits per heavy atom. The van der Waals surface area contributed by atoms with Gasteiger partial charge in [0.25, 0.3) is 0 Å². The van der Waals surface area contributed by atoms with Crippen molar-refractivity contribution in [3.8, 4) is 0 Å². The zero-order chi connectivity index (χ0) is 15.1. The molecule has 108 valence electrons. The zero-order valence-corrected chi connectivity index (χ0v) is 11.8. The van der Waals surface area contributed by atoms with E-state index in [1.54, 1.807) is 31.2 Å². The molecule has 5 heteroatoms. The summed E-state index contributed by atoms with van der Waals surface area (Å²) in [4.78, 5) is 34.5. The van der Waals surface area contributed by atoms with Crippen LogP contribution >= 0.6 is 0 Å². The summed E-state index contributed by atoms with van der Waals surface area (Å²) in [5.74, 6) is -1.98. The lowest BCUT2D eigenvalue weighted by atomic mass is 9.95. The van der Waals surface area contributed by atoms with Gasteiger partial charge in [-0.1, -0.05) is 12.1 Å². The number of methoxy groups -OCH3 is 1. The van der Waals surface area contributed by atoms with Crippen LogP contribution in [0.3, 0.4) is 0 Å². The molecule has 0 aromatic heterocycles. The van der Waals surface area contributed by atoms with Crippen LogP contribution in [0.15, 0.2) is 24.3 Å². The third-order valence-electron chi connectivity index (χ3n) is 2.88. The number of ether oxygens (including phenoxy) is 2. The molecular formula is C15H18O5. The molecule has 0 N–H and O–H groups in total. The predicted molar refractivity (Wildman–Crippen MR) is 72.3 cm³/mol. The van der Waals surface area contributed by atoms with E-state index in [2.05, 4.69) is 4.74 Å². The highest BCUT2D eigenvalue weighted by molar-refractivity contribution is 5.98. The molecular weight excluding hydrogens is 260 g/mol. The van der Waals surface area contributed by atoms with Crippen molar-refractivity contribution < 1.29 is 23.9 Å². The van der Waals surface area contributed by atoms with Gasteiger partial charge in [-0.3, -0.25) is 9.59 Å². The minimum atomic E-state index is -0.807. The fourth-order valence-corrected chi connectivity index (χ4v) is 1.77. The normalized spacial score (nSPS) is 11.6. The van der Waals surface area contributed by atoms with Crippen LogP contribution in [0.25, 0.3) is 0 Å². The standard InChI is InChI=1S/C15H18O5/c1-4-20-15(18)13(10(2)16)9-11-5-7-12(8-6-11)14(17)19-3/h5-8,13H,4,9H2,1-3H3. The number of Topliss-reactive ketones (excluding diaryl/α,β-unsaturated/α-hetero) is 1. The first-order chi connectivity index (χ1) is 9.49. The Labute approximate surface area is 117 Å². The Morgan fingerprint density at radius 1 is 1.15 bits per heavy atom. The molecule has 1 rings (SSSR count). The highest BCUT2D eigenvalue weighted by atomic mass is 16.5. The van der Waals surface area contributed by atoms with Gasteiger partial charge in [0.05, 0.1) is 19.3 Å². The molecule has 1 atom stereocenters. The van der Waals surface area contributed by atoms with Gasteiger partial charge in [0.1, 0.15) is 11.7 Å². The van der Waals surface area contributed by atoms with Crippen LogP contribution < -0.4 is 0 Å². The van der Waals surface area contributed by atoms with Crippen molar-refractivity contribution in [2.45, 2.75) is 20.3 Å². The van der Waals surface area contributed by atoms with Gasteiger partial charge >= 0.3 is 11.9 Å².